The van der Waals surface area contributed by atoms with Gasteiger partial charge in [-0.25, -0.2) is 8.78 Å². The topological polar surface area (TPSA) is 20.3 Å². The third-order valence-corrected chi connectivity index (χ3v) is 3.75. The SMILES string of the molecule is O=C1CC2CCC(C1)N2c1ccc(F)c(F)c1. The summed E-state index contributed by atoms with van der Waals surface area (Å²) in [6.45, 7) is 0. The molecule has 1 aromatic rings. The standard InChI is InChI=1S/C13H13F2NO/c14-12-4-3-10(7-13(12)15)16-8-1-2-9(16)6-11(17)5-8/h3-4,7-9H,1-2,5-6H2. The van der Waals surface area contributed by atoms with Crippen molar-refractivity contribution in [2.75, 3.05) is 4.90 Å². The molecule has 4 heteroatoms. The molecule has 0 amide bonds. The summed E-state index contributed by atoms with van der Waals surface area (Å²) in [5, 5.41) is 0. The predicted molar refractivity (Wildman–Crippen MR) is 59.9 cm³/mol. The fourth-order valence-corrected chi connectivity index (χ4v) is 3.04. The summed E-state index contributed by atoms with van der Waals surface area (Å²) >= 11 is 0. The van der Waals surface area contributed by atoms with Crippen molar-refractivity contribution in [3.8, 4) is 0 Å². The van der Waals surface area contributed by atoms with E-state index in [9.17, 15) is 13.6 Å². The molecule has 0 radical (unpaired) electrons. The molecule has 1 aromatic carbocycles. The first-order valence-electron chi connectivity index (χ1n) is 5.90. The maximum absolute atomic E-state index is 13.2. The van der Waals surface area contributed by atoms with E-state index in [0.717, 1.165) is 18.9 Å². The van der Waals surface area contributed by atoms with Crippen molar-refractivity contribution in [2.45, 2.75) is 37.8 Å². The molecule has 2 bridgehead atoms. The Hall–Kier alpha value is -1.45. The minimum absolute atomic E-state index is 0.172. The average Bonchev–Trinajstić information content (AvgIpc) is 2.55. The number of hydrogen-bond acceptors (Lipinski definition) is 2. The highest BCUT2D eigenvalue weighted by Gasteiger charge is 2.40. The number of rotatable bonds is 1. The number of anilines is 1. The lowest BCUT2D eigenvalue weighted by atomic mass is 10.0. The van der Waals surface area contributed by atoms with Gasteiger partial charge in [0.15, 0.2) is 11.6 Å². The molecule has 2 fully saturated rings. The number of carbonyl (C=O) groups is 1. The summed E-state index contributed by atoms with van der Waals surface area (Å²) in [7, 11) is 0. The van der Waals surface area contributed by atoms with Gasteiger partial charge in [-0.2, -0.15) is 0 Å². The minimum atomic E-state index is -0.825. The maximum atomic E-state index is 13.2. The molecular weight excluding hydrogens is 224 g/mol. The quantitative estimate of drug-likeness (QED) is 0.748. The van der Waals surface area contributed by atoms with Crippen LogP contribution in [0.1, 0.15) is 25.7 Å². The van der Waals surface area contributed by atoms with Gasteiger partial charge >= 0.3 is 0 Å². The van der Waals surface area contributed by atoms with E-state index in [1.54, 1.807) is 6.07 Å². The number of halogens is 2. The van der Waals surface area contributed by atoms with E-state index in [1.165, 1.54) is 6.07 Å². The normalized spacial score (nSPS) is 27.6. The number of ketones is 1. The summed E-state index contributed by atoms with van der Waals surface area (Å²) in [6, 6.07) is 4.33. The van der Waals surface area contributed by atoms with Crippen LogP contribution in [-0.2, 0) is 4.79 Å². The van der Waals surface area contributed by atoms with Gasteiger partial charge in [-0.1, -0.05) is 0 Å². The molecule has 17 heavy (non-hydrogen) atoms. The van der Waals surface area contributed by atoms with Crippen molar-refractivity contribution in [1.82, 2.24) is 0 Å². The van der Waals surface area contributed by atoms with E-state index in [-0.39, 0.29) is 17.9 Å². The molecule has 2 nitrogen and oxygen atoms in total. The molecule has 2 saturated heterocycles. The second-order valence-electron chi connectivity index (χ2n) is 4.84. The van der Waals surface area contributed by atoms with Crippen molar-refractivity contribution in [3.63, 3.8) is 0 Å². The number of benzene rings is 1. The van der Waals surface area contributed by atoms with Gasteiger partial charge in [0, 0.05) is 36.7 Å². The van der Waals surface area contributed by atoms with E-state index in [1.807, 2.05) is 0 Å². The number of fused-ring (bicyclic) bond motifs is 2. The molecule has 0 N–H and O–H groups in total. The summed E-state index contributed by atoms with van der Waals surface area (Å²) < 4.78 is 26.1. The summed E-state index contributed by atoms with van der Waals surface area (Å²) in [4.78, 5) is 13.5. The molecule has 2 atom stereocenters. The summed E-state index contributed by atoms with van der Waals surface area (Å²) in [5.41, 5.74) is 0.698. The zero-order valence-electron chi connectivity index (χ0n) is 9.33. The second-order valence-corrected chi connectivity index (χ2v) is 4.84. The first kappa shape index (κ1) is 10.7. The van der Waals surface area contributed by atoms with E-state index in [4.69, 9.17) is 0 Å². The van der Waals surface area contributed by atoms with Crippen LogP contribution in [0.3, 0.4) is 0 Å². The molecule has 0 aliphatic carbocycles. The fraction of sp³-hybridized carbons (Fsp3) is 0.462. The Morgan fingerprint density at radius 2 is 1.71 bits per heavy atom. The second kappa shape index (κ2) is 3.79. The van der Waals surface area contributed by atoms with Gasteiger partial charge in [-0.05, 0) is 25.0 Å². The van der Waals surface area contributed by atoms with Gasteiger partial charge in [0.05, 0.1) is 0 Å². The lowest BCUT2D eigenvalue weighted by Gasteiger charge is -2.36. The first-order valence-corrected chi connectivity index (χ1v) is 5.90. The lowest BCUT2D eigenvalue weighted by Crippen LogP contribution is -2.43. The smallest absolute Gasteiger partial charge is 0.160 e. The molecule has 3 rings (SSSR count). The fourth-order valence-electron chi connectivity index (χ4n) is 3.04. The van der Waals surface area contributed by atoms with Gasteiger partial charge < -0.3 is 4.90 Å². The van der Waals surface area contributed by atoms with Crippen LogP contribution in [0.2, 0.25) is 0 Å². The molecule has 2 unspecified atom stereocenters. The van der Waals surface area contributed by atoms with Gasteiger partial charge in [0.25, 0.3) is 0 Å². The minimum Gasteiger partial charge on any atom is -0.365 e. The van der Waals surface area contributed by atoms with Crippen LogP contribution >= 0.6 is 0 Å². The Morgan fingerprint density at radius 1 is 1.06 bits per heavy atom. The first-order chi connectivity index (χ1) is 8.15. The molecule has 2 aliphatic rings. The van der Waals surface area contributed by atoms with Crippen molar-refractivity contribution in [2.24, 2.45) is 0 Å². The van der Waals surface area contributed by atoms with E-state index < -0.39 is 11.6 Å². The zero-order chi connectivity index (χ0) is 12.0. The highest BCUT2D eigenvalue weighted by molar-refractivity contribution is 5.83. The van der Waals surface area contributed by atoms with Gasteiger partial charge in [0.1, 0.15) is 5.78 Å². The van der Waals surface area contributed by atoms with Gasteiger partial charge in [-0.3, -0.25) is 4.79 Å². The van der Waals surface area contributed by atoms with Crippen LogP contribution in [0.25, 0.3) is 0 Å². The third-order valence-electron chi connectivity index (χ3n) is 3.75. The summed E-state index contributed by atoms with van der Waals surface area (Å²) in [5.74, 6) is -1.36. The Kier molecular flexibility index (Phi) is 2.38. The van der Waals surface area contributed by atoms with Gasteiger partial charge in [0.2, 0.25) is 0 Å². The zero-order valence-corrected chi connectivity index (χ0v) is 9.33. The highest BCUT2D eigenvalue weighted by Crippen LogP contribution is 2.38. The Balaban J connectivity index is 1.94. The highest BCUT2D eigenvalue weighted by atomic mass is 19.2. The van der Waals surface area contributed by atoms with E-state index in [0.29, 0.717) is 18.5 Å². The Labute approximate surface area is 98.2 Å². The number of hydrogen-bond donors (Lipinski definition) is 0. The molecule has 0 spiro atoms. The Morgan fingerprint density at radius 3 is 2.29 bits per heavy atom. The number of Topliss-reactive ketones (excluding diaryl/α,β-unsaturated/α-hetero) is 1. The molecule has 90 valence electrons. The van der Waals surface area contributed by atoms with Crippen LogP contribution in [0.15, 0.2) is 18.2 Å². The summed E-state index contributed by atoms with van der Waals surface area (Å²) in [6.07, 6.45) is 3.01. The van der Waals surface area contributed by atoms with Crippen LogP contribution < -0.4 is 4.90 Å². The van der Waals surface area contributed by atoms with E-state index in [2.05, 4.69) is 4.90 Å². The van der Waals surface area contributed by atoms with Crippen LogP contribution in [0.4, 0.5) is 14.5 Å². The average molecular weight is 237 g/mol. The number of piperidine rings is 1. The van der Waals surface area contributed by atoms with Gasteiger partial charge in [-0.15, -0.1) is 0 Å². The van der Waals surface area contributed by atoms with Crippen LogP contribution in [-0.4, -0.2) is 17.9 Å². The van der Waals surface area contributed by atoms with Crippen molar-refractivity contribution in [1.29, 1.82) is 0 Å². The van der Waals surface area contributed by atoms with Crippen LogP contribution in [0, 0.1) is 11.6 Å². The van der Waals surface area contributed by atoms with E-state index >= 15 is 0 Å². The predicted octanol–water partition coefficient (Wildman–Crippen LogP) is 2.67. The molecule has 0 aromatic heterocycles. The van der Waals surface area contributed by atoms with Crippen LogP contribution in [0.5, 0.6) is 0 Å². The number of carbonyl (C=O) groups excluding carboxylic acids is 1. The third kappa shape index (κ3) is 1.72. The monoisotopic (exact) mass is 237 g/mol. The Bertz CT molecular complexity index is 458. The van der Waals surface area contributed by atoms with Crippen molar-refractivity contribution >= 4 is 11.5 Å². The molecule has 2 aliphatic heterocycles. The molecular formula is C13H13F2NO. The maximum Gasteiger partial charge on any atom is 0.160 e. The largest absolute Gasteiger partial charge is 0.365 e. The van der Waals surface area contributed by atoms with Crippen molar-refractivity contribution < 1.29 is 13.6 Å². The number of nitrogens with zero attached hydrogens (tertiary/aromatic N) is 1. The molecule has 2 heterocycles. The lowest BCUT2D eigenvalue weighted by molar-refractivity contribution is -0.120. The van der Waals surface area contributed by atoms with Crippen molar-refractivity contribution in [3.05, 3.63) is 29.8 Å². The molecule has 0 saturated carbocycles.